The van der Waals surface area contributed by atoms with Crippen molar-refractivity contribution in [1.82, 2.24) is 24.9 Å². The van der Waals surface area contributed by atoms with Gasteiger partial charge >= 0.3 is 53.0 Å². The van der Waals surface area contributed by atoms with Crippen LogP contribution in [0, 0.1) is 0 Å². The van der Waals surface area contributed by atoms with Crippen molar-refractivity contribution in [2.24, 2.45) is 0 Å². The molecule has 4 rings (SSSR count). The molecule has 1 unspecified atom stereocenters. The fourth-order valence-corrected chi connectivity index (χ4v) is 3.69. The predicted octanol–water partition coefficient (Wildman–Crippen LogP) is 4.72. The molecule has 0 spiro atoms. The number of hydrogen-bond acceptors (Lipinski definition) is 11. The van der Waals surface area contributed by atoms with Gasteiger partial charge in [0.25, 0.3) is 0 Å². The van der Waals surface area contributed by atoms with Gasteiger partial charge < -0.3 is 4.74 Å². The number of rotatable bonds is 6. The van der Waals surface area contributed by atoms with Crippen LogP contribution in [0.5, 0.6) is 0 Å². The van der Waals surface area contributed by atoms with E-state index in [0.29, 0.717) is 29.6 Å². The van der Waals surface area contributed by atoms with Crippen LogP contribution in [0.2, 0.25) is 0 Å². The van der Waals surface area contributed by atoms with Crippen LogP contribution in [0.3, 0.4) is 0 Å². The van der Waals surface area contributed by atoms with Gasteiger partial charge in [0.15, 0.2) is 11.6 Å². The number of hydrazine groups is 1. The number of ketones is 1. The third-order valence-corrected chi connectivity index (χ3v) is 6.66. The Morgan fingerprint density at radius 1 is 1.12 bits per heavy atom. The van der Waals surface area contributed by atoms with Crippen LogP contribution in [-0.4, -0.2) is 73.5 Å². The van der Waals surface area contributed by atoms with Crippen molar-refractivity contribution >= 4 is 24.8 Å². The summed E-state index contributed by atoms with van der Waals surface area (Å²) in [5.41, 5.74) is 3.60. The first-order valence-electron chi connectivity index (χ1n) is 12.6. The molecule has 0 radical (unpaired) electrons. The molecule has 0 fully saturated rings. The van der Waals surface area contributed by atoms with E-state index in [2.05, 4.69) is 24.7 Å². The zero-order chi connectivity index (χ0) is 29.7. The van der Waals surface area contributed by atoms with Crippen LogP contribution in [0.25, 0.3) is 17.3 Å². The van der Waals surface area contributed by atoms with Crippen LogP contribution in [0.1, 0.15) is 39.7 Å². The number of ether oxygens (including phenoxy) is 1. The topological polar surface area (TPSA) is 161 Å². The number of imidazole rings is 1. The van der Waals surface area contributed by atoms with Crippen LogP contribution in [0.15, 0.2) is 48.9 Å². The number of fused-ring (bicyclic) bond motifs is 1. The summed E-state index contributed by atoms with van der Waals surface area (Å²) < 4.78 is 15.0. The van der Waals surface area contributed by atoms with Gasteiger partial charge in [-0.15, -0.1) is 0 Å². The Morgan fingerprint density at radius 2 is 1.77 bits per heavy atom. The van der Waals surface area contributed by atoms with Gasteiger partial charge in [-0.2, -0.15) is 4.98 Å². The molecule has 0 saturated heterocycles. The first kappa shape index (κ1) is 31.1. The number of nitrogens with one attached hydrogen (secondary N) is 1. The van der Waals surface area contributed by atoms with E-state index in [0.717, 1.165) is 5.56 Å². The number of aromatic nitrogens is 4. The number of anilines is 1. The number of hydrogen-bond donors (Lipinski definition) is 3. The van der Waals surface area contributed by atoms with E-state index in [1.807, 2.05) is 37.3 Å². The molecular formula is C26H37N6O7P. The van der Waals surface area contributed by atoms with Crippen molar-refractivity contribution in [1.29, 1.82) is 0 Å². The van der Waals surface area contributed by atoms with Gasteiger partial charge in [-0.3, -0.25) is 14.4 Å². The summed E-state index contributed by atoms with van der Waals surface area (Å²) in [5, 5.41) is 17.8. The molecule has 3 N–H and O–H groups in total. The van der Waals surface area contributed by atoms with Crippen LogP contribution >= 0.6 is 7.06 Å². The molecule has 13 nitrogen and oxygen atoms in total. The van der Waals surface area contributed by atoms with Crippen molar-refractivity contribution in [2.45, 2.75) is 52.2 Å². The van der Waals surface area contributed by atoms with E-state index < -0.39 is 24.8 Å². The molecule has 0 saturated carbocycles. The maximum absolute atomic E-state index is 12.7. The van der Waals surface area contributed by atoms with Gasteiger partial charge in [0, 0.05) is 36.1 Å². The molecule has 1 aliphatic heterocycles. The molecule has 1 amide bonds. The number of amides is 1. The summed E-state index contributed by atoms with van der Waals surface area (Å²) in [7, 11) is -2.99. The van der Waals surface area contributed by atoms with Gasteiger partial charge in [0.1, 0.15) is 17.5 Å². The maximum atomic E-state index is 12.7. The Kier molecular flexibility index (Phi) is 9.28. The zero-order valence-corrected chi connectivity index (χ0v) is 24.6. The SMILES string of the molecule is CCC1C(=O)Cc2cnc(-n3ccnc3-c3ccccc3)nc2N1NC(=O)OC(C)(C)C.CP(C)(C)(OO)OO. The Bertz CT molecular complexity index is 1330. The molecule has 40 heavy (non-hydrogen) atoms. The molecular weight excluding hydrogens is 539 g/mol. The molecule has 0 bridgehead atoms. The summed E-state index contributed by atoms with van der Waals surface area (Å²) in [6.45, 7) is 11.8. The van der Waals surface area contributed by atoms with Crippen molar-refractivity contribution in [3.63, 3.8) is 0 Å². The minimum absolute atomic E-state index is 0.0139. The average Bonchev–Trinajstić information content (AvgIpc) is 3.38. The number of nitrogens with zero attached hydrogens (tertiary/aromatic N) is 5. The van der Waals surface area contributed by atoms with E-state index >= 15 is 0 Å². The summed E-state index contributed by atoms with van der Waals surface area (Å²) in [6.07, 6.45) is 5.15. The molecule has 218 valence electrons. The quantitative estimate of drug-likeness (QED) is 0.212. The minimum atomic E-state index is -2.99. The van der Waals surface area contributed by atoms with Crippen LogP contribution in [-0.2, 0) is 25.3 Å². The third kappa shape index (κ3) is 7.80. The molecule has 1 aliphatic rings. The van der Waals surface area contributed by atoms with Gasteiger partial charge in [0.05, 0.1) is 0 Å². The van der Waals surface area contributed by atoms with Gasteiger partial charge in [0.2, 0.25) is 5.95 Å². The second kappa shape index (κ2) is 11.9. The number of carbonyl (C=O) groups is 2. The normalized spacial score (nSPS) is 16.2. The molecule has 2 aromatic heterocycles. The molecule has 1 atom stereocenters. The van der Waals surface area contributed by atoms with Gasteiger partial charge in [-0.25, -0.2) is 20.2 Å². The molecule has 14 heteroatoms. The van der Waals surface area contributed by atoms with E-state index in [-0.39, 0.29) is 12.2 Å². The van der Waals surface area contributed by atoms with Crippen molar-refractivity contribution in [3.05, 3.63) is 54.5 Å². The Morgan fingerprint density at radius 3 is 2.33 bits per heavy atom. The van der Waals surface area contributed by atoms with Gasteiger partial charge in [-0.05, 0) is 27.2 Å². The van der Waals surface area contributed by atoms with E-state index in [9.17, 15) is 9.59 Å². The second-order valence-corrected chi connectivity index (χ2v) is 16.6. The molecule has 1 aromatic carbocycles. The third-order valence-electron chi connectivity index (χ3n) is 5.55. The molecule has 0 aliphatic carbocycles. The van der Waals surface area contributed by atoms with Crippen molar-refractivity contribution in [3.8, 4) is 17.3 Å². The summed E-state index contributed by atoms with van der Waals surface area (Å²) in [6, 6.07) is 9.18. The summed E-state index contributed by atoms with van der Waals surface area (Å²) in [4.78, 5) is 38.9. The first-order chi connectivity index (χ1) is 18.7. The molecule has 3 heterocycles. The number of benzene rings is 1. The zero-order valence-electron chi connectivity index (χ0n) is 23.7. The number of carbonyl (C=O) groups excluding carboxylic acids is 2. The summed E-state index contributed by atoms with van der Waals surface area (Å²) >= 11 is 0. The van der Waals surface area contributed by atoms with Crippen molar-refractivity contribution in [2.75, 3.05) is 25.0 Å². The Hall–Kier alpha value is -3.48. The fraction of sp³-hybridized carbons (Fsp3) is 0.423. The second-order valence-electron chi connectivity index (χ2n) is 11.2. The fourth-order valence-electron chi connectivity index (χ4n) is 3.66. The molecule has 3 aromatic rings. The monoisotopic (exact) mass is 576 g/mol. The van der Waals surface area contributed by atoms with Crippen molar-refractivity contribution < 1.29 is 34.2 Å². The van der Waals surface area contributed by atoms with Gasteiger partial charge in [-0.1, -0.05) is 37.3 Å². The standard InChI is InChI=1S/C23H26N6O3.C3H11O4P/c1-5-17-18(30)13-16-14-25-21(26-20(16)29(17)27-22(31)32-23(2,3)4)28-12-11-24-19(28)15-9-7-6-8-10-15;1-8(2,3,6-4)7-5/h6-12,14,17H,5,13H2,1-4H3,(H,27,31);4-5H,1-3H3. The Balaban J connectivity index is 0.000000482. The number of Topliss-reactive ketones (excluding diaryl/α,β-unsaturated/α-hetero) is 1. The van der Waals surface area contributed by atoms with Crippen LogP contribution < -0.4 is 10.4 Å². The van der Waals surface area contributed by atoms with E-state index in [4.69, 9.17) is 20.2 Å². The van der Waals surface area contributed by atoms with E-state index in [1.165, 1.54) is 25.0 Å². The summed E-state index contributed by atoms with van der Waals surface area (Å²) in [5.74, 6) is 1.54. The average molecular weight is 577 g/mol. The van der Waals surface area contributed by atoms with E-state index in [1.54, 1.807) is 43.9 Å². The Labute approximate surface area is 233 Å². The van der Waals surface area contributed by atoms with Crippen LogP contribution in [0.4, 0.5) is 10.6 Å². The predicted molar refractivity (Wildman–Crippen MR) is 151 cm³/mol. The first-order valence-corrected chi connectivity index (χ1v) is 16.0.